The molecule has 0 bridgehead atoms. The zero-order valence-corrected chi connectivity index (χ0v) is 9.65. The monoisotopic (exact) mass is 236 g/mol. The van der Waals surface area contributed by atoms with Crippen molar-refractivity contribution in [3.8, 4) is 17.2 Å². The van der Waals surface area contributed by atoms with E-state index in [4.69, 9.17) is 14.2 Å². The van der Waals surface area contributed by atoms with Gasteiger partial charge in [0.2, 0.25) is 6.79 Å². The van der Waals surface area contributed by atoms with Gasteiger partial charge >= 0.3 is 0 Å². The van der Waals surface area contributed by atoms with Crippen molar-refractivity contribution in [2.75, 3.05) is 13.4 Å². The highest BCUT2D eigenvalue weighted by molar-refractivity contribution is 5.51. The largest absolute Gasteiger partial charge is 0.493 e. The van der Waals surface area contributed by atoms with Crippen molar-refractivity contribution in [3.63, 3.8) is 0 Å². The van der Waals surface area contributed by atoms with E-state index in [0.717, 1.165) is 12.2 Å². The molecule has 0 aromatic heterocycles. The highest BCUT2D eigenvalue weighted by Crippen LogP contribution is 2.38. The van der Waals surface area contributed by atoms with Crippen molar-refractivity contribution >= 4 is 0 Å². The van der Waals surface area contributed by atoms with Crippen LogP contribution in [0, 0.1) is 5.92 Å². The SMILES string of the molecule is OCc1cc2c(cc1OCC1CCC1)OCO2. The Kier molecular flexibility index (Phi) is 2.81. The maximum absolute atomic E-state index is 9.31. The summed E-state index contributed by atoms with van der Waals surface area (Å²) in [4.78, 5) is 0. The molecule has 0 radical (unpaired) electrons. The molecule has 17 heavy (non-hydrogen) atoms. The molecular weight excluding hydrogens is 220 g/mol. The molecule has 92 valence electrons. The Bertz CT molecular complexity index is 412. The molecule has 2 aliphatic rings. The van der Waals surface area contributed by atoms with Crippen molar-refractivity contribution < 1.29 is 19.3 Å². The van der Waals surface area contributed by atoms with E-state index < -0.39 is 0 Å². The number of rotatable bonds is 4. The summed E-state index contributed by atoms with van der Waals surface area (Å²) in [6, 6.07) is 3.60. The first kappa shape index (κ1) is 10.7. The lowest BCUT2D eigenvalue weighted by atomic mass is 9.86. The van der Waals surface area contributed by atoms with E-state index in [1.54, 1.807) is 6.07 Å². The van der Waals surface area contributed by atoms with Crippen LogP contribution in [0.15, 0.2) is 12.1 Å². The fourth-order valence-electron chi connectivity index (χ4n) is 2.09. The average molecular weight is 236 g/mol. The summed E-state index contributed by atoms with van der Waals surface area (Å²) in [5.74, 6) is 2.77. The molecule has 1 heterocycles. The van der Waals surface area contributed by atoms with Crippen LogP contribution >= 0.6 is 0 Å². The fraction of sp³-hybridized carbons (Fsp3) is 0.538. The number of hydrogen-bond donors (Lipinski definition) is 1. The fourth-order valence-corrected chi connectivity index (χ4v) is 2.09. The predicted octanol–water partition coefficient (Wildman–Crippen LogP) is 2.09. The molecule has 3 rings (SSSR count). The first-order chi connectivity index (χ1) is 8.36. The number of aliphatic hydroxyl groups is 1. The number of fused-ring (bicyclic) bond motifs is 1. The van der Waals surface area contributed by atoms with E-state index in [1.807, 2.05) is 6.07 Å². The van der Waals surface area contributed by atoms with E-state index in [0.29, 0.717) is 23.2 Å². The highest BCUT2D eigenvalue weighted by atomic mass is 16.7. The van der Waals surface area contributed by atoms with Crippen LogP contribution in [0.25, 0.3) is 0 Å². The third-order valence-electron chi connectivity index (χ3n) is 3.43. The molecule has 0 amide bonds. The number of benzene rings is 1. The van der Waals surface area contributed by atoms with Crippen LogP contribution in [0.3, 0.4) is 0 Å². The van der Waals surface area contributed by atoms with E-state index >= 15 is 0 Å². The average Bonchev–Trinajstić information content (AvgIpc) is 2.72. The topological polar surface area (TPSA) is 47.9 Å². The lowest BCUT2D eigenvalue weighted by Crippen LogP contribution is -2.19. The van der Waals surface area contributed by atoms with Gasteiger partial charge in [-0.1, -0.05) is 6.42 Å². The molecule has 1 fully saturated rings. The smallest absolute Gasteiger partial charge is 0.231 e. The summed E-state index contributed by atoms with van der Waals surface area (Å²) < 4.78 is 16.3. The maximum Gasteiger partial charge on any atom is 0.231 e. The Morgan fingerprint density at radius 3 is 2.65 bits per heavy atom. The lowest BCUT2D eigenvalue weighted by molar-refractivity contribution is 0.171. The Balaban J connectivity index is 1.76. The van der Waals surface area contributed by atoms with Crippen molar-refractivity contribution in [2.45, 2.75) is 25.9 Å². The van der Waals surface area contributed by atoms with E-state index in [1.165, 1.54) is 19.3 Å². The van der Waals surface area contributed by atoms with Gasteiger partial charge in [-0.3, -0.25) is 0 Å². The Morgan fingerprint density at radius 2 is 2.00 bits per heavy atom. The first-order valence-corrected chi connectivity index (χ1v) is 6.03. The minimum atomic E-state index is -0.0450. The summed E-state index contributed by atoms with van der Waals surface area (Å²) >= 11 is 0. The highest BCUT2D eigenvalue weighted by Gasteiger charge is 2.21. The van der Waals surface area contributed by atoms with Crippen molar-refractivity contribution in [1.82, 2.24) is 0 Å². The Morgan fingerprint density at radius 1 is 1.24 bits per heavy atom. The zero-order valence-electron chi connectivity index (χ0n) is 9.65. The Hall–Kier alpha value is -1.42. The maximum atomic E-state index is 9.31. The van der Waals surface area contributed by atoms with Gasteiger partial charge < -0.3 is 19.3 Å². The second kappa shape index (κ2) is 4.45. The summed E-state index contributed by atoms with van der Waals surface area (Å²) in [6.45, 7) is 0.926. The van der Waals surface area contributed by atoms with Crippen LogP contribution in [-0.4, -0.2) is 18.5 Å². The normalized spacial score (nSPS) is 17.9. The second-order valence-corrected chi connectivity index (χ2v) is 4.58. The van der Waals surface area contributed by atoms with Crippen LogP contribution in [0.5, 0.6) is 17.2 Å². The van der Waals surface area contributed by atoms with Crippen molar-refractivity contribution in [3.05, 3.63) is 17.7 Å². The molecule has 1 saturated carbocycles. The molecule has 1 aliphatic carbocycles. The third-order valence-corrected chi connectivity index (χ3v) is 3.43. The zero-order chi connectivity index (χ0) is 11.7. The van der Waals surface area contributed by atoms with Gasteiger partial charge in [0.15, 0.2) is 11.5 Å². The van der Waals surface area contributed by atoms with Crippen LogP contribution in [0.1, 0.15) is 24.8 Å². The van der Waals surface area contributed by atoms with Crippen LogP contribution in [-0.2, 0) is 6.61 Å². The summed E-state index contributed by atoms with van der Waals surface area (Å²) in [6.07, 6.45) is 3.81. The second-order valence-electron chi connectivity index (χ2n) is 4.58. The van der Waals surface area contributed by atoms with Gasteiger partial charge in [-0.25, -0.2) is 0 Å². The van der Waals surface area contributed by atoms with Crippen molar-refractivity contribution in [2.24, 2.45) is 5.92 Å². The molecule has 4 heteroatoms. The lowest BCUT2D eigenvalue weighted by Gasteiger charge is -2.25. The van der Waals surface area contributed by atoms with Gasteiger partial charge in [0.1, 0.15) is 5.75 Å². The van der Waals surface area contributed by atoms with E-state index in [9.17, 15) is 5.11 Å². The molecule has 1 aromatic rings. The predicted molar refractivity (Wildman–Crippen MR) is 61.3 cm³/mol. The first-order valence-electron chi connectivity index (χ1n) is 6.03. The van der Waals surface area contributed by atoms with Gasteiger partial charge in [0, 0.05) is 11.6 Å². The van der Waals surface area contributed by atoms with Gasteiger partial charge in [-0.15, -0.1) is 0 Å². The number of aliphatic hydroxyl groups excluding tert-OH is 1. The summed E-state index contributed by atoms with van der Waals surface area (Å²) in [5.41, 5.74) is 0.758. The molecule has 0 spiro atoms. The summed E-state index contributed by atoms with van der Waals surface area (Å²) in [5, 5.41) is 9.31. The Labute approximate surface area is 100 Å². The minimum Gasteiger partial charge on any atom is -0.493 e. The molecular formula is C13H16O4. The molecule has 0 saturated heterocycles. The third kappa shape index (κ3) is 2.05. The standard InChI is InChI=1S/C13H16O4/c14-6-10-4-12-13(17-8-16-12)5-11(10)15-7-9-2-1-3-9/h4-5,9,14H,1-3,6-8H2. The molecule has 1 N–H and O–H groups in total. The number of ether oxygens (including phenoxy) is 3. The van der Waals surface area contributed by atoms with Gasteiger partial charge in [-0.05, 0) is 24.8 Å². The summed E-state index contributed by atoms with van der Waals surface area (Å²) in [7, 11) is 0. The van der Waals surface area contributed by atoms with Gasteiger partial charge in [0.25, 0.3) is 0 Å². The van der Waals surface area contributed by atoms with Crippen LogP contribution in [0.2, 0.25) is 0 Å². The molecule has 0 unspecified atom stereocenters. The molecule has 1 aliphatic heterocycles. The van der Waals surface area contributed by atoms with Crippen LogP contribution < -0.4 is 14.2 Å². The van der Waals surface area contributed by atoms with E-state index in [2.05, 4.69) is 0 Å². The molecule has 1 aromatic carbocycles. The van der Waals surface area contributed by atoms with Gasteiger partial charge in [0.05, 0.1) is 13.2 Å². The van der Waals surface area contributed by atoms with Crippen LogP contribution in [0.4, 0.5) is 0 Å². The van der Waals surface area contributed by atoms with Crippen molar-refractivity contribution in [1.29, 1.82) is 0 Å². The molecule has 4 nitrogen and oxygen atoms in total. The van der Waals surface area contributed by atoms with E-state index in [-0.39, 0.29) is 13.4 Å². The quantitative estimate of drug-likeness (QED) is 0.869. The molecule has 0 atom stereocenters. The number of hydrogen-bond acceptors (Lipinski definition) is 4. The van der Waals surface area contributed by atoms with Gasteiger partial charge in [-0.2, -0.15) is 0 Å². The minimum absolute atomic E-state index is 0.0450.